The Morgan fingerprint density at radius 1 is 1.22 bits per heavy atom. The molecule has 8 heteroatoms. The van der Waals surface area contributed by atoms with E-state index in [1.165, 1.54) is 0 Å². The number of carbonyl (C=O) groups is 1. The Morgan fingerprint density at radius 3 is 2.30 bits per heavy atom. The molecule has 1 aromatic heterocycles. The lowest BCUT2D eigenvalue weighted by molar-refractivity contribution is -0.146. The number of nitrogens with one attached hydrogen (secondary N) is 1. The Bertz CT molecular complexity index is 749. The van der Waals surface area contributed by atoms with Crippen LogP contribution in [0.5, 0.6) is 0 Å². The normalized spacial score (nSPS) is 35.5. The lowest BCUT2D eigenvalue weighted by Crippen LogP contribution is -2.61. The van der Waals surface area contributed by atoms with Gasteiger partial charge in [-0.2, -0.15) is 18.3 Å². The van der Waals surface area contributed by atoms with Crippen molar-refractivity contribution >= 4 is 5.91 Å². The summed E-state index contributed by atoms with van der Waals surface area (Å²) in [6, 6.07) is -0.173. The second-order valence-corrected chi connectivity index (χ2v) is 9.68. The molecule has 2 atom stereocenters. The molecule has 4 fully saturated rings. The van der Waals surface area contributed by atoms with E-state index in [2.05, 4.69) is 10.4 Å². The SMILES string of the molecule is CC(C)(C)n1ncc(C(=O)NC2C3CC4CC2CC(O)(C4)C3)c1C(F)(F)F. The fraction of sp³-hybridized carbons (Fsp3) is 0.789. The number of carbonyl (C=O) groups excluding carboxylic acids is 1. The molecule has 1 amide bonds. The largest absolute Gasteiger partial charge is 0.433 e. The number of hydrogen-bond acceptors (Lipinski definition) is 3. The fourth-order valence-electron chi connectivity index (χ4n) is 5.74. The van der Waals surface area contributed by atoms with Crippen molar-refractivity contribution in [2.45, 2.75) is 76.2 Å². The van der Waals surface area contributed by atoms with Crippen LogP contribution in [0.2, 0.25) is 0 Å². The maximum atomic E-state index is 13.7. The zero-order valence-electron chi connectivity index (χ0n) is 15.8. The first-order valence-electron chi connectivity index (χ1n) is 9.56. The van der Waals surface area contributed by atoms with Crippen molar-refractivity contribution in [3.63, 3.8) is 0 Å². The highest BCUT2D eigenvalue weighted by molar-refractivity contribution is 5.95. The van der Waals surface area contributed by atoms with Gasteiger partial charge >= 0.3 is 6.18 Å². The number of hydrogen-bond donors (Lipinski definition) is 2. The second kappa shape index (κ2) is 5.72. The molecule has 2 unspecified atom stereocenters. The Labute approximate surface area is 156 Å². The van der Waals surface area contributed by atoms with Gasteiger partial charge in [0.2, 0.25) is 0 Å². The molecule has 27 heavy (non-hydrogen) atoms. The standard InChI is InChI=1S/C19H26F3N3O2/c1-17(2,3)25-15(19(20,21)22)13(9-23-25)16(26)24-14-11-4-10-5-12(14)8-18(27,6-10)7-11/h9-12,14,27H,4-8H2,1-3H3,(H,24,26). The first-order chi connectivity index (χ1) is 12.4. The van der Waals surface area contributed by atoms with E-state index in [0.29, 0.717) is 18.8 Å². The van der Waals surface area contributed by atoms with Crippen molar-refractivity contribution in [3.05, 3.63) is 17.5 Å². The number of alkyl halides is 3. The van der Waals surface area contributed by atoms with Gasteiger partial charge in [0, 0.05) is 6.04 Å². The maximum Gasteiger partial charge on any atom is 0.433 e. The molecule has 4 bridgehead atoms. The van der Waals surface area contributed by atoms with Crippen LogP contribution in [0.1, 0.15) is 68.9 Å². The van der Waals surface area contributed by atoms with Crippen LogP contribution < -0.4 is 5.32 Å². The van der Waals surface area contributed by atoms with E-state index in [-0.39, 0.29) is 17.9 Å². The third-order valence-corrected chi connectivity index (χ3v) is 6.46. The molecule has 1 heterocycles. The zero-order chi connectivity index (χ0) is 19.8. The highest BCUT2D eigenvalue weighted by Gasteiger charge is 2.55. The maximum absolute atomic E-state index is 13.7. The summed E-state index contributed by atoms with van der Waals surface area (Å²) in [5.74, 6) is 0.0201. The van der Waals surface area contributed by atoms with E-state index in [4.69, 9.17) is 0 Å². The van der Waals surface area contributed by atoms with Crippen molar-refractivity contribution in [2.24, 2.45) is 17.8 Å². The van der Waals surface area contributed by atoms with Gasteiger partial charge < -0.3 is 10.4 Å². The molecule has 0 saturated heterocycles. The molecular weight excluding hydrogens is 359 g/mol. The van der Waals surface area contributed by atoms with E-state index in [0.717, 1.165) is 30.1 Å². The molecule has 0 aliphatic heterocycles. The van der Waals surface area contributed by atoms with Crippen molar-refractivity contribution < 1.29 is 23.1 Å². The Morgan fingerprint density at radius 2 is 1.81 bits per heavy atom. The molecule has 5 nitrogen and oxygen atoms in total. The van der Waals surface area contributed by atoms with Crippen molar-refractivity contribution in [1.82, 2.24) is 15.1 Å². The average molecular weight is 385 g/mol. The van der Waals surface area contributed by atoms with Crippen molar-refractivity contribution in [3.8, 4) is 0 Å². The Balaban J connectivity index is 1.60. The fourth-order valence-corrected chi connectivity index (χ4v) is 5.74. The third-order valence-electron chi connectivity index (χ3n) is 6.46. The summed E-state index contributed by atoms with van der Waals surface area (Å²) in [6.07, 6.45) is 0.269. The minimum atomic E-state index is -4.67. The van der Waals surface area contributed by atoms with Crippen LogP contribution in [0.4, 0.5) is 13.2 Å². The molecule has 5 rings (SSSR count). The third kappa shape index (κ3) is 3.15. The molecule has 4 saturated carbocycles. The van der Waals surface area contributed by atoms with E-state index >= 15 is 0 Å². The number of rotatable bonds is 2. The quantitative estimate of drug-likeness (QED) is 0.821. The molecule has 2 N–H and O–H groups in total. The van der Waals surface area contributed by atoms with Crippen LogP contribution in [0.25, 0.3) is 0 Å². The van der Waals surface area contributed by atoms with Crippen LogP contribution in [0.3, 0.4) is 0 Å². The van der Waals surface area contributed by atoms with E-state index in [1.54, 1.807) is 20.8 Å². The predicted molar refractivity (Wildman–Crippen MR) is 92.0 cm³/mol. The minimum absolute atomic E-state index is 0.136. The van der Waals surface area contributed by atoms with E-state index in [9.17, 15) is 23.1 Å². The monoisotopic (exact) mass is 385 g/mol. The van der Waals surface area contributed by atoms with Gasteiger partial charge in [-0.15, -0.1) is 0 Å². The molecule has 4 aliphatic rings. The Hall–Kier alpha value is -1.57. The lowest BCUT2D eigenvalue weighted by Gasteiger charge is -2.58. The summed E-state index contributed by atoms with van der Waals surface area (Å²) in [4.78, 5) is 12.8. The second-order valence-electron chi connectivity index (χ2n) is 9.68. The molecular formula is C19H26F3N3O2. The van der Waals surface area contributed by atoms with Gasteiger partial charge in [0.05, 0.1) is 22.9 Å². The molecule has 0 radical (unpaired) electrons. The average Bonchev–Trinajstić information content (AvgIpc) is 2.94. The number of aliphatic hydroxyl groups is 1. The number of amides is 1. The molecule has 150 valence electrons. The number of nitrogens with zero attached hydrogens (tertiary/aromatic N) is 2. The van der Waals surface area contributed by atoms with Gasteiger partial charge in [-0.25, -0.2) is 0 Å². The number of aromatic nitrogens is 2. The van der Waals surface area contributed by atoms with Crippen LogP contribution in [-0.2, 0) is 11.7 Å². The van der Waals surface area contributed by atoms with Crippen LogP contribution in [0.15, 0.2) is 6.20 Å². The van der Waals surface area contributed by atoms with Gasteiger partial charge in [-0.1, -0.05) is 0 Å². The van der Waals surface area contributed by atoms with Gasteiger partial charge in [0.1, 0.15) is 0 Å². The Kier molecular flexibility index (Phi) is 3.98. The summed E-state index contributed by atoms with van der Waals surface area (Å²) in [5, 5.41) is 17.4. The topological polar surface area (TPSA) is 67.2 Å². The summed E-state index contributed by atoms with van der Waals surface area (Å²) in [7, 11) is 0. The summed E-state index contributed by atoms with van der Waals surface area (Å²) in [5.41, 5.74) is -2.97. The highest BCUT2D eigenvalue weighted by atomic mass is 19.4. The first kappa shape index (κ1) is 18.8. The summed E-state index contributed by atoms with van der Waals surface area (Å²) >= 11 is 0. The van der Waals surface area contributed by atoms with Crippen LogP contribution in [0, 0.1) is 17.8 Å². The molecule has 1 aromatic rings. The van der Waals surface area contributed by atoms with E-state index in [1.807, 2.05) is 0 Å². The van der Waals surface area contributed by atoms with Crippen LogP contribution in [-0.4, -0.2) is 32.4 Å². The molecule has 4 aliphatic carbocycles. The molecule has 0 spiro atoms. The summed E-state index contributed by atoms with van der Waals surface area (Å²) in [6.45, 7) is 4.86. The summed E-state index contributed by atoms with van der Waals surface area (Å²) < 4.78 is 41.9. The lowest BCUT2D eigenvalue weighted by atomic mass is 9.52. The van der Waals surface area contributed by atoms with Gasteiger partial charge in [0.25, 0.3) is 5.91 Å². The molecule has 0 aromatic carbocycles. The highest BCUT2D eigenvalue weighted by Crippen LogP contribution is 2.55. The van der Waals surface area contributed by atoms with Gasteiger partial charge in [-0.3, -0.25) is 9.48 Å². The van der Waals surface area contributed by atoms with Crippen LogP contribution >= 0.6 is 0 Å². The van der Waals surface area contributed by atoms with Gasteiger partial charge in [-0.05, 0) is 70.6 Å². The van der Waals surface area contributed by atoms with Gasteiger partial charge in [0.15, 0.2) is 5.69 Å². The first-order valence-corrected chi connectivity index (χ1v) is 9.56. The number of halogens is 3. The zero-order valence-corrected chi connectivity index (χ0v) is 15.8. The van der Waals surface area contributed by atoms with Crippen molar-refractivity contribution in [1.29, 1.82) is 0 Å². The van der Waals surface area contributed by atoms with Crippen molar-refractivity contribution in [2.75, 3.05) is 0 Å². The smallest absolute Gasteiger partial charge is 0.390 e. The van der Waals surface area contributed by atoms with E-state index < -0.39 is 34.5 Å². The predicted octanol–water partition coefficient (Wildman–Crippen LogP) is 3.33. The minimum Gasteiger partial charge on any atom is -0.390 e.